The zero-order valence-corrected chi connectivity index (χ0v) is 16.5. The summed E-state index contributed by atoms with van der Waals surface area (Å²) in [6, 6.07) is 5.78. The molecule has 0 aliphatic carbocycles. The molecule has 1 N–H and O–H groups in total. The van der Waals surface area contributed by atoms with E-state index in [0.717, 1.165) is 61.7 Å². The molecule has 2 aliphatic heterocycles. The van der Waals surface area contributed by atoms with Gasteiger partial charge in [-0.25, -0.2) is 0 Å². The molecule has 0 spiro atoms. The minimum absolute atomic E-state index is 0.0733. The summed E-state index contributed by atoms with van der Waals surface area (Å²) in [5, 5.41) is 2.88. The summed E-state index contributed by atoms with van der Waals surface area (Å²) < 4.78 is 5.83. The molecule has 0 aromatic heterocycles. The third kappa shape index (κ3) is 5.72. The van der Waals surface area contributed by atoms with Crippen LogP contribution in [0.15, 0.2) is 18.2 Å². The lowest BCUT2D eigenvalue weighted by Gasteiger charge is -2.21. The van der Waals surface area contributed by atoms with Gasteiger partial charge in [0.1, 0.15) is 5.75 Å². The first-order valence-electron chi connectivity index (χ1n) is 10.5. The molecular formula is C22H32N2O3. The van der Waals surface area contributed by atoms with Gasteiger partial charge in [-0.05, 0) is 61.8 Å². The Morgan fingerprint density at radius 1 is 1.26 bits per heavy atom. The van der Waals surface area contributed by atoms with E-state index in [1.165, 1.54) is 19.3 Å². The van der Waals surface area contributed by atoms with E-state index in [1.54, 1.807) is 0 Å². The Bertz CT molecular complexity index is 659. The monoisotopic (exact) mass is 372 g/mol. The number of carbonyl (C=O) groups excluding carboxylic acids is 2. The van der Waals surface area contributed by atoms with E-state index in [2.05, 4.69) is 17.1 Å². The number of nitrogens with zero attached hydrogens (tertiary/aromatic N) is 1. The van der Waals surface area contributed by atoms with E-state index in [0.29, 0.717) is 19.4 Å². The number of rotatable bonds is 7. The van der Waals surface area contributed by atoms with Gasteiger partial charge in [-0.2, -0.15) is 0 Å². The molecule has 5 nitrogen and oxygen atoms in total. The second-order valence-electron chi connectivity index (χ2n) is 7.79. The van der Waals surface area contributed by atoms with Gasteiger partial charge < -0.3 is 15.0 Å². The molecule has 1 fully saturated rings. The number of nitrogens with one attached hydrogen (secondary N) is 1. The minimum Gasteiger partial charge on any atom is -0.494 e. The Morgan fingerprint density at radius 2 is 2.15 bits per heavy atom. The fourth-order valence-corrected chi connectivity index (χ4v) is 4.13. The van der Waals surface area contributed by atoms with Gasteiger partial charge >= 0.3 is 0 Å². The second-order valence-corrected chi connectivity index (χ2v) is 7.79. The highest BCUT2D eigenvalue weighted by Crippen LogP contribution is 2.27. The van der Waals surface area contributed by atoms with E-state index in [1.807, 2.05) is 18.2 Å². The molecule has 27 heavy (non-hydrogen) atoms. The molecule has 5 heteroatoms. The fraction of sp³-hybridized carbons (Fsp3) is 0.636. The van der Waals surface area contributed by atoms with Gasteiger partial charge in [0, 0.05) is 31.6 Å². The van der Waals surface area contributed by atoms with Crippen molar-refractivity contribution < 1.29 is 14.3 Å². The predicted octanol–water partition coefficient (Wildman–Crippen LogP) is 4.16. The molecule has 3 rings (SSSR count). The number of fused-ring (bicyclic) bond motifs is 1. The summed E-state index contributed by atoms with van der Waals surface area (Å²) in [5.74, 6) is 1.95. The number of hydrogen-bond donors (Lipinski definition) is 1. The lowest BCUT2D eigenvalue weighted by atomic mass is 9.96. The third-order valence-corrected chi connectivity index (χ3v) is 5.67. The smallest absolute Gasteiger partial charge is 0.224 e. The predicted molar refractivity (Wildman–Crippen MR) is 107 cm³/mol. The molecule has 1 saturated heterocycles. The first-order chi connectivity index (χ1) is 13.2. The van der Waals surface area contributed by atoms with Gasteiger partial charge in [0.25, 0.3) is 0 Å². The molecular weight excluding hydrogens is 340 g/mol. The maximum absolute atomic E-state index is 12.5. The SMILES string of the molecule is CCCC1CCCN(C(=O)CCCOc2ccc3c(c2)CCC(=O)N3)CC1. The average Bonchev–Trinajstić information content (AvgIpc) is 2.91. The highest BCUT2D eigenvalue weighted by atomic mass is 16.5. The molecule has 148 valence electrons. The van der Waals surface area contributed by atoms with E-state index >= 15 is 0 Å². The Labute approximate surface area is 162 Å². The van der Waals surface area contributed by atoms with Gasteiger partial charge in [0.05, 0.1) is 6.61 Å². The van der Waals surface area contributed by atoms with Crippen molar-refractivity contribution in [2.75, 3.05) is 25.0 Å². The summed E-state index contributed by atoms with van der Waals surface area (Å²) in [6.45, 7) is 4.62. The highest BCUT2D eigenvalue weighted by molar-refractivity contribution is 5.94. The molecule has 2 amide bonds. The van der Waals surface area contributed by atoms with Gasteiger partial charge in [-0.3, -0.25) is 9.59 Å². The maximum atomic E-state index is 12.5. The van der Waals surface area contributed by atoms with Crippen LogP contribution in [0.4, 0.5) is 5.69 Å². The first kappa shape index (κ1) is 19.7. The molecule has 2 heterocycles. The van der Waals surface area contributed by atoms with Crippen molar-refractivity contribution >= 4 is 17.5 Å². The largest absolute Gasteiger partial charge is 0.494 e. The van der Waals surface area contributed by atoms with Crippen molar-refractivity contribution in [2.45, 2.75) is 64.7 Å². The number of carbonyl (C=O) groups is 2. The Hall–Kier alpha value is -2.04. The van der Waals surface area contributed by atoms with Gasteiger partial charge in [0.2, 0.25) is 11.8 Å². The molecule has 1 unspecified atom stereocenters. The van der Waals surface area contributed by atoms with Crippen LogP contribution >= 0.6 is 0 Å². The fourth-order valence-electron chi connectivity index (χ4n) is 4.13. The van der Waals surface area contributed by atoms with Crippen LogP contribution in [-0.4, -0.2) is 36.4 Å². The van der Waals surface area contributed by atoms with Crippen molar-refractivity contribution in [1.29, 1.82) is 0 Å². The topological polar surface area (TPSA) is 58.6 Å². The van der Waals surface area contributed by atoms with Crippen LogP contribution in [0, 0.1) is 5.92 Å². The average molecular weight is 373 g/mol. The molecule has 2 aliphatic rings. The van der Waals surface area contributed by atoms with Crippen LogP contribution in [0.25, 0.3) is 0 Å². The first-order valence-corrected chi connectivity index (χ1v) is 10.5. The third-order valence-electron chi connectivity index (χ3n) is 5.67. The molecule has 0 radical (unpaired) electrons. The van der Waals surface area contributed by atoms with Crippen molar-refractivity contribution in [3.8, 4) is 5.75 Å². The van der Waals surface area contributed by atoms with Crippen molar-refractivity contribution in [1.82, 2.24) is 4.90 Å². The van der Waals surface area contributed by atoms with Gasteiger partial charge in [0.15, 0.2) is 0 Å². The number of aryl methyl sites for hydroxylation is 1. The number of likely N-dealkylation sites (tertiary alicyclic amines) is 1. The molecule has 1 atom stereocenters. The molecule has 0 saturated carbocycles. The van der Waals surface area contributed by atoms with Crippen LogP contribution in [0.1, 0.15) is 63.9 Å². The van der Waals surface area contributed by atoms with Crippen LogP contribution < -0.4 is 10.1 Å². The van der Waals surface area contributed by atoms with Crippen molar-refractivity contribution in [3.63, 3.8) is 0 Å². The zero-order valence-electron chi connectivity index (χ0n) is 16.5. The summed E-state index contributed by atoms with van der Waals surface area (Å²) >= 11 is 0. The normalized spacial score (nSPS) is 19.8. The quantitative estimate of drug-likeness (QED) is 0.731. The minimum atomic E-state index is 0.0733. The summed E-state index contributed by atoms with van der Waals surface area (Å²) in [7, 11) is 0. The van der Waals surface area contributed by atoms with Gasteiger partial charge in [-0.15, -0.1) is 0 Å². The number of anilines is 1. The Morgan fingerprint density at radius 3 is 3.00 bits per heavy atom. The zero-order chi connectivity index (χ0) is 19.1. The van der Waals surface area contributed by atoms with Gasteiger partial charge in [-0.1, -0.05) is 19.8 Å². The van der Waals surface area contributed by atoms with E-state index in [9.17, 15) is 9.59 Å². The maximum Gasteiger partial charge on any atom is 0.224 e. The number of benzene rings is 1. The van der Waals surface area contributed by atoms with Crippen LogP contribution in [0.2, 0.25) is 0 Å². The van der Waals surface area contributed by atoms with E-state index < -0.39 is 0 Å². The van der Waals surface area contributed by atoms with Crippen LogP contribution in [0.3, 0.4) is 0 Å². The lowest BCUT2D eigenvalue weighted by Crippen LogP contribution is -2.32. The summed E-state index contributed by atoms with van der Waals surface area (Å²) in [4.78, 5) is 25.9. The molecule has 0 bridgehead atoms. The highest BCUT2D eigenvalue weighted by Gasteiger charge is 2.20. The van der Waals surface area contributed by atoms with Crippen molar-refractivity contribution in [2.24, 2.45) is 5.92 Å². The number of ether oxygens (including phenoxy) is 1. The number of hydrogen-bond acceptors (Lipinski definition) is 3. The second kappa shape index (κ2) is 9.77. The van der Waals surface area contributed by atoms with Crippen LogP contribution in [-0.2, 0) is 16.0 Å². The van der Waals surface area contributed by atoms with E-state index in [4.69, 9.17) is 4.74 Å². The van der Waals surface area contributed by atoms with Crippen LogP contribution in [0.5, 0.6) is 5.75 Å². The lowest BCUT2D eigenvalue weighted by molar-refractivity contribution is -0.131. The van der Waals surface area contributed by atoms with E-state index in [-0.39, 0.29) is 11.8 Å². The summed E-state index contributed by atoms with van der Waals surface area (Å²) in [6.07, 6.45) is 8.66. The molecule has 1 aromatic rings. The molecule has 1 aromatic carbocycles. The Balaban J connectivity index is 1.38. The van der Waals surface area contributed by atoms with Crippen molar-refractivity contribution in [3.05, 3.63) is 23.8 Å². The Kier molecular flexibility index (Phi) is 7.13. The number of amides is 2. The summed E-state index contributed by atoms with van der Waals surface area (Å²) in [5.41, 5.74) is 2.01. The standard InChI is InChI=1S/C22H32N2O3/c1-2-5-17-6-3-13-24(14-12-17)22(26)7-4-15-27-19-9-10-20-18(16-19)8-11-21(25)23-20/h9-10,16-17H,2-8,11-15H2,1H3,(H,23,25).